The van der Waals surface area contributed by atoms with Crippen molar-refractivity contribution >= 4 is 29.9 Å². The molecule has 0 atom stereocenters. The van der Waals surface area contributed by atoms with E-state index in [9.17, 15) is 0 Å². The van der Waals surface area contributed by atoms with Gasteiger partial charge in [0, 0.05) is 26.7 Å². The summed E-state index contributed by atoms with van der Waals surface area (Å²) in [5.41, 5.74) is 2.70. The number of guanidine groups is 1. The van der Waals surface area contributed by atoms with Crippen LogP contribution < -0.4 is 5.32 Å². The zero-order valence-corrected chi connectivity index (χ0v) is 15.1. The molecular weight excluding hydrogens is 361 g/mol. The van der Waals surface area contributed by atoms with Crippen LogP contribution in [0.25, 0.3) is 0 Å². The Labute approximate surface area is 139 Å². The van der Waals surface area contributed by atoms with Gasteiger partial charge in [0.2, 0.25) is 0 Å². The van der Waals surface area contributed by atoms with Crippen LogP contribution >= 0.6 is 24.0 Å². The summed E-state index contributed by atoms with van der Waals surface area (Å²) in [6, 6.07) is 8.55. The molecule has 0 bridgehead atoms. The first-order chi connectivity index (χ1) is 9.20. The molecule has 1 aliphatic carbocycles. The molecule has 4 heteroatoms. The Kier molecular flexibility index (Phi) is 7.34. The van der Waals surface area contributed by atoms with Crippen LogP contribution in [0.5, 0.6) is 0 Å². The van der Waals surface area contributed by atoms with E-state index in [0.717, 1.165) is 31.5 Å². The number of aryl methyl sites for hydroxylation is 1. The van der Waals surface area contributed by atoms with Gasteiger partial charge >= 0.3 is 0 Å². The molecule has 1 N–H and O–H groups in total. The predicted octanol–water partition coefficient (Wildman–Crippen LogP) is 3.42. The topological polar surface area (TPSA) is 27.6 Å². The average Bonchev–Trinajstić information content (AvgIpc) is 3.21. The second kappa shape index (κ2) is 8.49. The Morgan fingerprint density at radius 3 is 2.65 bits per heavy atom. The quantitative estimate of drug-likeness (QED) is 0.476. The van der Waals surface area contributed by atoms with Gasteiger partial charge in [-0.3, -0.25) is 4.99 Å². The van der Waals surface area contributed by atoms with Crippen molar-refractivity contribution in [3.05, 3.63) is 35.4 Å². The first kappa shape index (κ1) is 17.3. The van der Waals surface area contributed by atoms with Crippen LogP contribution in [0, 0.1) is 12.8 Å². The van der Waals surface area contributed by atoms with Crippen molar-refractivity contribution in [1.29, 1.82) is 0 Å². The molecule has 0 saturated heterocycles. The minimum absolute atomic E-state index is 0. The second-order valence-corrected chi connectivity index (χ2v) is 5.42. The number of nitrogens with one attached hydrogen (secondary N) is 1. The Morgan fingerprint density at radius 1 is 1.35 bits per heavy atom. The van der Waals surface area contributed by atoms with Gasteiger partial charge in [-0.25, -0.2) is 0 Å². The van der Waals surface area contributed by atoms with Gasteiger partial charge in [0.15, 0.2) is 5.96 Å². The number of benzene rings is 1. The lowest BCUT2D eigenvalue weighted by Gasteiger charge is -2.23. The van der Waals surface area contributed by atoms with E-state index in [1.165, 1.54) is 24.0 Å². The molecule has 1 saturated carbocycles. The van der Waals surface area contributed by atoms with E-state index in [-0.39, 0.29) is 24.0 Å². The van der Waals surface area contributed by atoms with Gasteiger partial charge in [0.05, 0.1) is 0 Å². The fourth-order valence-electron chi connectivity index (χ4n) is 2.10. The maximum atomic E-state index is 4.73. The van der Waals surface area contributed by atoms with Crippen molar-refractivity contribution in [2.45, 2.75) is 33.2 Å². The van der Waals surface area contributed by atoms with Crippen molar-refractivity contribution in [3.63, 3.8) is 0 Å². The van der Waals surface area contributed by atoms with Crippen LogP contribution in [0.2, 0.25) is 0 Å². The molecule has 112 valence electrons. The SMILES string of the molecule is CCNC(=NCC1CC1)N(C)Cc1ccccc1C.I. The molecule has 20 heavy (non-hydrogen) atoms. The first-order valence-electron chi connectivity index (χ1n) is 7.24. The highest BCUT2D eigenvalue weighted by Gasteiger charge is 2.21. The predicted molar refractivity (Wildman–Crippen MR) is 96.8 cm³/mol. The third kappa shape index (κ3) is 5.31. The fourth-order valence-corrected chi connectivity index (χ4v) is 2.10. The van der Waals surface area contributed by atoms with Crippen LogP contribution in [-0.4, -0.2) is 31.0 Å². The van der Waals surface area contributed by atoms with E-state index in [0.29, 0.717) is 0 Å². The standard InChI is InChI=1S/C16H25N3.HI/c1-4-17-16(18-11-14-9-10-14)19(3)12-15-8-6-5-7-13(15)2;/h5-8,14H,4,9-12H2,1-3H3,(H,17,18);1H. The van der Waals surface area contributed by atoms with Crippen molar-refractivity contribution in [2.24, 2.45) is 10.9 Å². The third-order valence-electron chi connectivity index (χ3n) is 3.56. The molecule has 0 unspecified atom stereocenters. The van der Waals surface area contributed by atoms with Gasteiger partial charge in [0.25, 0.3) is 0 Å². The normalized spacial score (nSPS) is 14.7. The highest BCUT2D eigenvalue weighted by atomic mass is 127. The molecule has 0 spiro atoms. The zero-order chi connectivity index (χ0) is 13.7. The molecule has 1 aliphatic rings. The summed E-state index contributed by atoms with van der Waals surface area (Å²) in [7, 11) is 2.11. The van der Waals surface area contributed by atoms with Gasteiger partial charge < -0.3 is 10.2 Å². The maximum absolute atomic E-state index is 4.73. The number of halogens is 1. The Balaban J connectivity index is 0.00000200. The maximum Gasteiger partial charge on any atom is 0.193 e. The average molecular weight is 387 g/mol. The van der Waals surface area contributed by atoms with Gasteiger partial charge in [0.1, 0.15) is 0 Å². The van der Waals surface area contributed by atoms with Crippen molar-refractivity contribution in [3.8, 4) is 0 Å². The lowest BCUT2D eigenvalue weighted by Crippen LogP contribution is -2.38. The summed E-state index contributed by atoms with van der Waals surface area (Å²) >= 11 is 0. The van der Waals surface area contributed by atoms with E-state index in [1.54, 1.807) is 0 Å². The van der Waals surface area contributed by atoms with Gasteiger partial charge in [-0.1, -0.05) is 24.3 Å². The summed E-state index contributed by atoms with van der Waals surface area (Å²) in [6.07, 6.45) is 2.70. The molecule has 0 heterocycles. The molecule has 2 rings (SSSR count). The first-order valence-corrected chi connectivity index (χ1v) is 7.24. The summed E-state index contributed by atoms with van der Waals surface area (Å²) in [5.74, 6) is 1.86. The van der Waals surface area contributed by atoms with E-state index in [4.69, 9.17) is 4.99 Å². The smallest absolute Gasteiger partial charge is 0.193 e. The van der Waals surface area contributed by atoms with E-state index in [2.05, 4.69) is 55.4 Å². The van der Waals surface area contributed by atoms with Crippen LogP contribution in [0.1, 0.15) is 30.9 Å². The van der Waals surface area contributed by atoms with Gasteiger partial charge in [-0.2, -0.15) is 0 Å². The lowest BCUT2D eigenvalue weighted by molar-refractivity contribution is 0.475. The summed E-state index contributed by atoms with van der Waals surface area (Å²) in [5, 5.41) is 3.38. The highest BCUT2D eigenvalue weighted by molar-refractivity contribution is 14.0. The number of hydrogen-bond donors (Lipinski definition) is 1. The molecule has 1 aromatic rings. The number of aliphatic imine (C=N–C) groups is 1. The van der Waals surface area contributed by atoms with E-state index < -0.39 is 0 Å². The summed E-state index contributed by atoms with van der Waals surface area (Å²) in [6.45, 7) is 7.08. The minimum atomic E-state index is 0. The highest BCUT2D eigenvalue weighted by Crippen LogP contribution is 2.28. The minimum Gasteiger partial charge on any atom is -0.357 e. The second-order valence-electron chi connectivity index (χ2n) is 5.42. The number of rotatable bonds is 5. The van der Waals surface area contributed by atoms with Crippen molar-refractivity contribution in [1.82, 2.24) is 10.2 Å². The lowest BCUT2D eigenvalue weighted by atomic mass is 10.1. The Hall–Kier alpha value is -0.780. The van der Waals surface area contributed by atoms with E-state index >= 15 is 0 Å². The molecule has 0 aliphatic heterocycles. The molecular formula is C16H26IN3. The zero-order valence-electron chi connectivity index (χ0n) is 12.7. The Bertz CT molecular complexity index is 441. The van der Waals surface area contributed by atoms with Crippen LogP contribution in [0.3, 0.4) is 0 Å². The van der Waals surface area contributed by atoms with Crippen molar-refractivity contribution < 1.29 is 0 Å². The fraction of sp³-hybridized carbons (Fsp3) is 0.562. The molecule has 3 nitrogen and oxygen atoms in total. The van der Waals surface area contributed by atoms with Crippen LogP contribution in [0.15, 0.2) is 29.3 Å². The number of nitrogens with zero attached hydrogens (tertiary/aromatic N) is 2. The monoisotopic (exact) mass is 387 g/mol. The van der Waals surface area contributed by atoms with E-state index in [1.807, 2.05) is 0 Å². The van der Waals surface area contributed by atoms with Crippen LogP contribution in [0.4, 0.5) is 0 Å². The summed E-state index contributed by atoms with van der Waals surface area (Å²) in [4.78, 5) is 6.95. The molecule has 1 aromatic carbocycles. The molecule has 0 aromatic heterocycles. The summed E-state index contributed by atoms with van der Waals surface area (Å²) < 4.78 is 0. The van der Waals surface area contributed by atoms with Gasteiger partial charge in [-0.15, -0.1) is 24.0 Å². The van der Waals surface area contributed by atoms with Crippen LogP contribution in [-0.2, 0) is 6.54 Å². The molecule has 1 fully saturated rings. The Morgan fingerprint density at radius 2 is 2.05 bits per heavy atom. The largest absolute Gasteiger partial charge is 0.357 e. The molecule has 0 amide bonds. The van der Waals surface area contributed by atoms with Crippen molar-refractivity contribution in [2.75, 3.05) is 20.1 Å². The van der Waals surface area contributed by atoms with Gasteiger partial charge in [-0.05, 0) is 43.7 Å². The molecule has 0 radical (unpaired) electrons. The number of hydrogen-bond acceptors (Lipinski definition) is 1. The third-order valence-corrected chi connectivity index (χ3v) is 3.56.